The first-order chi connectivity index (χ1) is 11.4. The Hall–Kier alpha value is -1.23. The molecule has 10 heteroatoms. The van der Waals surface area contributed by atoms with Gasteiger partial charge in [-0.15, -0.1) is 5.10 Å². The lowest BCUT2D eigenvalue weighted by molar-refractivity contribution is -0.119. The van der Waals surface area contributed by atoms with Crippen molar-refractivity contribution in [3.8, 4) is 5.69 Å². The number of amides is 1. The highest BCUT2D eigenvalue weighted by Gasteiger charge is 2.28. The van der Waals surface area contributed by atoms with Crippen molar-refractivity contribution in [3.05, 3.63) is 34.3 Å². The van der Waals surface area contributed by atoms with Crippen molar-refractivity contribution in [2.24, 2.45) is 0 Å². The van der Waals surface area contributed by atoms with Crippen LogP contribution < -0.4 is 5.32 Å². The number of carbonyl (C=O) groups is 1. The van der Waals surface area contributed by atoms with E-state index in [-0.39, 0.29) is 29.2 Å². The van der Waals surface area contributed by atoms with Gasteiger partial charge in [-0.1, -0.05) is 41.3 Å². The molecular weight excluding hydrogens is 386 g/mol. The van der Waals surface area contributed by atoms with Crippen molar-refractivity contribution in [1.29, 1.82) is 0 Å². The van der Waals surface area contributed by atoms with Gasteiger partial charge >= 0.3 is 0 Å². The molecule has 2 aromatic rings. The highest BCUT2D eigenvalue weighted by Crippen LogP contribution is 2.24. The molecule has 0 spiro atoms. The minimum atomic E-state index is -2.99. The summed E-state index contributed by atoms with van der Waals surface area (Å²) < 4.78 is 25.8. The molecule has 128 valence electrons. The molecule has 24 heavy (non-hydrogen) atoms. The largest absolute Gasteiger partial charge is 0.352 e. The van der Waals surface area contributed by atoms with Crippen LogP contribution in [-0.4, -0.2) is 47.4 Å². The first kappa shape index (κ1) is 17.6. The normalized spacial score (nSPS) is 19.2. The molecular formula is C14H15N3O3S4. The van der Waals surface area contributed by atoms with Crippen LogP contribution in [0.2, 0.25) is 0 Å². The molecule has 1 fully saturated rings. The van der Waals surface area contributed by atoms with E-state index in [4.69, 9.17) is 12.2 Å². The lowest BCUT2D eigenvalue weighted by atomic mass is 10.3. The Morgan fingerprint density at radius 3 is 2.83 bits per heavy atom. The molecule has 6 nitrogen and oxygen atoms in total. The molecule has 1 N–H and O–H groups in total. The van der Waals surface area contributed by atoms with Gasteiger partial charge in [0.15, 0.2) is 18.1 Å². The predicted molar refractivity (Wildman–Crippen MR) is 98.2 cm³/mol. The van der Waals surface area contributed by atoms with Gasteiger partial charge in [-0.05, 0) is 30.8 Å². The van der Waals surface area contributed by atoms with E-state index in [0.29, 0.717) is 14.7 Å². The molecule has 1 amide bonds. The SMILES string of the molecule is O=C(CSc1nn(-c2ccccc2)c(=S)s1)N[C@@H]1CCS(=O)(=O)C1. The third-order valence-electron chi connectivity index (χ3n) is 3.45. The number of benzene rings is 1. The summed E-state index contributed by atoms with van der Waals surface area (Å²) in [6.45, 7) is 0. The Kier molecular flexibility index (Phi) is 5.38. The van der Waals surface area contributed by atoms with Gasteiger partial charge in [0.05, 0.1) is 22.9 Å². The quantitative estimate of drug-likeness (QED) is 0.610. The highest BCUT2D eigenvalue weighted by molar-refractivity contribution is 8.01. The van der Waals surface area contributed by atoms with Crippen molar-refractivity contribution in [2.75, 3.05) is 17.3 Å². The molecule has 2 heterocycles. The van der Waals surface area contributed by atoms with Crippen LogP contribution >= 0.6 is 35.3 Å². The van der Waals surface area contributed by atoms with E-state index in [9.17, 15) is 13.2 Å². The summed E-state index contributed by atoms with van der Waals surface area (Å²) in [5.41, 5.74) is 0.881. The Balaban J connectivity index is 1.57. The van der Waals surface area contributed by atoms with Crippen molar-refractivity contribution >= 4 is 51.1 Å². The van der Waals surface area contributed by atoms with Crippen LogP contribution in [0.3, 0.4) is 0 Å². The summed E-state index contributed by atoms with van der Waals surface area (Å²) in [7, 11) is -2.99. The number of nitrogens with zero attached hydrogens (tertiary/aromatic N) is 2. The minimum absolute atomic E-state index is 0.0327. The van der Waals surface area contributed by atoms with Gasteiger partial charge in [0, 0.05) is 6.04 Å². The predicted octanol–water partition coefficient (Wildman–Crippen LogP) is 2.06. The Morgan fingerprint density at radius 2 is 2.17 bits per heavy atom. The fourth-order valence-electron chi connectivity index (χ4n) is 2.36. The molecule has 0 bridgehead atoms. The van der Waals surface area contributed by atoms with Gasteiger partial charge in [-0.25, -0.2) is 13.1 Å². The fourth-order valence-corrected chi connectivity index (χ4v) is 6.20. The van der Waals surface area contributed by atoms with Gasteiger partial charge in [0.25, 0.3) is 0 Å². The van der Waals surface area contributed by atoms with Crippen molar-refractivity contribution in [3.63, 3.8) is 0 Å². The molecule has 1 aromatic heterocycles. The second-order valence-corrected chi connectivity index (χ2v) is 10.4. The van der Waals surface area contributed by atoms with Crippen LogP contribution in [0.1, 0.15) is 6.42 Å². The smallest absolute Gasteiger partial charge is 0.230 e. The maximum Gasteiger partial charge on any atom is 0.230 e. The zero-order chi connectivity index (χ0) is 17.2. The minimum Gasteiger partial charge on any atom is -0.352 e. The number of para-hydroxylation sites is 1. The average molecular weight is 402 g/mol. The number of thioether (sulfide) groups is 1. The van der Waals surface area contributed by atoms with E-state index in [1.54, 1.807) is 4.68 Å². The van der Waals surface area contributed by atoms with Crippen molar-refractivity contribution in [2.45, 2.75) is 16.8 Å². The van der Waals surface area contributed by atoms with Crippen molar-refractivity contribution in [1.82, 2.24) is 15.1 Å². The lowest BCUT2D eigenvalue weighted by Crippen LogP contribution is -2.36. The molecule has 1 aromatic carbocycles. The third-order valence-corrected chi connectivity index (χ3v) is 7.59. The van der Waals surface area contributed by atoms with E-state index in [1.165, 1.54) is 23.1 Å². The summed E-state index contributed by atoms with van der Waals surface area (Å²) in [4.78, 5) is 12.0. The van der Waals surface area contributed by atoms with Gasteiger partial charge in [0.1, 0.15) is 0 Å². The van der Waals surface area contributed by atoms with E-state index in [1.807, 2.05) is 30.3 Å². The van der Waals surface area contributed by atoms with Gasteiger partial charge in [0.2, 0.25) is 5.91 Å². The van der Waals surface area contributed by atoms with E-state index in [0.717, 1.165) is 5.69 Å². The summed E-state index contributed by atoms with van der Waals surface area (Å²) in [5, 5.41) is 7.19. The molecule has 0 unspecified atom stereocenters. The molecule has 0 aliphatic carbocycles. The van der Waals surface area contributed by atoms with Crippen LogP contribution in [0.4, 0.5) is 0 Å². The zero-order valence-corrected chi connectivity index (χ0v) is 15.8. The average Bonchev–Trinajstić information content (AvgIpc) is 3.08. The van der Waals surface area contributed by atoms with Crippen molar-refractivity contribution < 1.29 is 13.2 Å². The molecule has 1 aliphatic heterocycles. The van der Waals surface area contributed by atoms with Crippen LogP contribution in [0.15, 0.2) is 34.7 Å². The zero-order valence-electron chi connectivity index (χ0n) is 12.5. The van der Waals surface area contributed by atoms with E-state index < -0.39 is 9.84 Å². The standard InChI is InChI=1S/C14H15N3O3S4/c18-12(15-10-6-7-24(19,20)9-10)8-22-13-16-17(14(21)23-13)11-4-2-1-3-5-11/h1-5,10H,6-9H2,(H,15,18)/t10-/m1/s1. The summed E-state index contributed by atoms with van der Waals surface area (Å²) in [6, 6.07) is 9.29. The number of carbonyl (C=O) groups excluding carboxylic acids is 1. The lowest BCUT2D eigenvalue weighted by Gasteiger charge is -2.09. The van der Waals surface area contributed by atoms with Crippen LogP contribution in [-0.2, 0) is 14.6 Å². The third kappa shape index (κ3) is 4.44. The highest BCUT2D eigenvalue weighted by atomic mass is 32.2. The molecule has 1 aliphatic rings. The second kappa shape index (κ2) is 7.34. The van der Waals surface area contributed by atoms with Crippen LogP contribution in [0.25, 0.3) is 5.69 Å². The fraction of sp³-hybridized carbons (Fsp3) is 0.357. The first-order valence-electron chi connectivity index (χ1n) is 7.21. The number of nitrogens with one attached hydrogen (secondary N) is 1. The maximum absolute atomic E-state index is 12.0. The molecule has 0 radical (unpaired) electrons. The summed E-state index contributed by atoms with van der Waals surface area (Å²) in [6.07, 6.45) is 0.486. The topological polar surface area (TPSA) is 81.1 Å². The number of sulfone groups is 1. The van der Waals surface area contributed by atoms with E-state index >= 15 is 0 Å². The Labute approximate surface area is 153 Å². The Morgan fingerprint density at radius 1 is 1.42 bits per heavy atom. The summed E-state index contributed by atoms with van der Waals surface area (Å²) >= 11 is 7.96. The van der Waals surface area contributed by atoms with Crippen LogP contribution in [0.5, 0.6) is 0 Å². The molecule has 0 saturated carbocycles. The number of rotatable bonds is 5. The maximum atomic E-state index is 12.0. The van der Waals surface area contributed by atoms with Crippen LogP contribution in [0, 0.1) is 3.95 Å². The Bertz CT molecular complexity index is 889. The van der Waals surface area contributed by atoms with Gasteiger partial charge in [-0.2, -0.15) is 0 Å². The molecule has 3 rings (SSSR count). The number of hydrogen-bond acceptors (Lipinski definition) is 7. The van der Waals surface area contributed by atoms with E-state index in [2.05, 4.69) is 10.4 Å². The monoisotopic (exact) mass is 401 g/mol. The molecule has 1 atom stereocenters. The number of aromatic nitrogens is 2. The first-order valence-corrected chi connectivity index (χ1v) is 11.2. The molecule has 1 saturated heterocycles. The number of hydrogen-bond donors (Lipinski definition) is 1. The van der Waals surface area contributed by atoms with Gasteiger partial charge < -0.3 is 5.32 Å². The second-order valence-electron chi connectivity index (χ2n) is 5.34. The van der Waals surface area contributed by atoms with Gasteiger partial charge in [-0.3, -0.25) is 4.79 Å². The summed E-state index contributed by atoms with van der Waals surface area (Å²) in [5.74, 6) is 0.182.